The molecule has 1 aliphatic rings. The van der Waals surface area contributed by atoms with Crippen LogP contribution in [0.15, 0.2) is 42.9 Å². The van der Waals surface area contributed by atoms with Gasteiger partial charge in [-0.15, -0.1) is 0 Å². The van der Waals surface area contributed by atoms with Gasteiger partial charge in [-0.05, 0) is 25.1 Å². The van der Waals surface area contributed by atoms with Gasteiger partial charge < -0.3 is 14.6 Å². The Labute approximate surface area is 168 Å². The second kappa shape index (κ2) is 6.57. The van der Waals surface area contributed by atoms with E-state index < -0.39 is 10.0 Å². The van der Waals surface area contributed by atoms with Crippen molar-refractivity contribution in [2.45, 2.75) is 13.0 Å². The summed E-state index contributed by atoms with van der Waals surface area (Å²) >= 11 is 0. The minimum absolute atomic E-state index is 0.147. The number of aromatic nitrogens is 4. The number of fused-ring (bicyclic) bond motifs is 2. The molecule has 4 heterocycles. The van der Waals surface area contributed by atoms with Crippen molar-refractivity contribution in [3.8, 4) is 11.3 Å². The van der Waals surface area contributed by atoms with Crippen LogP contribution in [0.3, 0.4) is 0 Å². The molecule has 0 saturated carbocycles. The zero-order valence-electron chi connectivity index (χ0n) is 16.2. The molecular formula is C20H21N5O3S. The molecule has 1 saturated heterocycles. The molecule has 1 atom stereocenters. The first kappa shape index (κ1) is 18.1. The lowest BCUT2D eigenvalue weighted by Gasteiger charge is -2.35. The lowest BCUT2D eigenvalue weighted by Crippen LogP contribution is -2.43. The lowest BCUT2D eigenvalue weighted by atomic mass is 10.1. The number of morpholine rings is 1. The maximum atomic E-state index is 12.3. The van der Waals surface area contributed by atoms with Crippen molar-refractivity contribution >= 4 is 37.8 Å². The average molecular weight is 411 g/mol. The summed E-state index contributed by atoms with van der Waals surface area (Å²) in [6.45, 7) is 4.02. The molecule has 9 heteroatoms. The van der Waals surface area contributed by atoms with Gasteiger partial charge in [-0.1, -0.05) is 12.1 Å². The first-order chi connectivity index (χ1) is 13.9. The van der Waals surface area contributed by atoms with Crippen LogP contribution in [0.5, 0.6) is 0 Å². The summed E-state index contributed by atoms with van der Waals surface area (Å²) in [4.78, 5) is 14.6. The Balaban J connectivity index is 1.82. The Morgan fingerprint density at radius 1 is 1.28 bits per heavy atom. The highest BCUT2D eigenvalue weighted by Crippen LogP contribution is 2.35. The summed E-state index contributed by atoms with van der Waals surface area (Å²) < 4.78 is 31.4. The molecule has 1 aromatic carbocycles. The molecule has 0 amide bonds. The summed E-state index contributed by atoms with van der Waals surface area (Å²) in [6.07, 6.45) is 4.38. The number of imidazole rings is 1. The van der Waals surface area contributed by atoms with Crippen LogP contribution in [-0.4, -0.2) is 59.4 Å². The third kappa shape index (κ3) is 2.97. The third-order valence-corrected chi connectivity index (χ3v) is 6.34. The Morgan fingerprint density at radius 2 is 2.14 bits per heavy atom. The molecule has 29 heavy (non-hydrogen) atoms. The van der Waals surface area contributed by atoms with Crippen molar-refractivity contribution in [2.24, 2.45) is 0 Å². The summed E-state index contributed by atoms with van der Waals surface area (Å²) in [6, 6.07) is 10.1. The van der Waals surface area contributed by atoms with Crippen LogP contribution in [0.4, 0.5) is 5.69 Å². The van der Waals surface area contributed by atoms with Crippen molar-refractivity contribution in [1.29, 1.82) is 0 Å². The van der Waals surface area contributed by atoms with E-state index in [1.54, 1.807) is 0 Å². The smallest absolute Gasteiger partial charge is 0.238 e. The van der Waals surface area contributed by atoms with Crippen LogP contribution in [0.25, 0.3) is 33.3 Å². The van der Waals surface area contributed by atoms with Crippen LogP contribution in [0.2, 0.25) is 0 Å². The minimum Gasteiger partial charge on any atom is -0.377 e. The minimum atomic E-state index is -3.54. The van der Waals surface area contributed by atoms with E-state index >= 15 is 0 Å². The lowest BCUT2D eigenvalue weighted by molar-refractivity contribution is 0.0991. The molecule has 5 rings (SSSR count). The van der Waals surface area contributed by atoms with E-state index in [1.807, 2.05) is 36.5 Å². The highest BCUT2D eigenvalue weighted by Gasteiger charge is 2.25. The number of aromatic amines is 1. The van der Waals surface area contributed by atoms with Gasteiger partial charge >= 0.3 is 0 Å². The maximum absolute atomic E-state index is 12.3. The molecule has 0 unspecified atom stereocenters. The normalized spacial score (nSPS) is 18.0. The maximum Gasteiger partial charge on any atom is 0.238 e. The number of hydrogen-bond acceptors (Lipinski definition) is 6. The van der Waals surface area contributed by atoms with Gasteiger partial charge in [0.2, 0.25) is 10.0 Å². The zero-order valence-corrected chi connectivity index (χ0v) is 17.0. The number of pyridine rings is 1. The van der Waals surface area contributed by atoms with Crippen LogP contribution in [0.1, 0.15) is 6.92 Å². The number of nitrogens with zero attached hydrogens (tertiary/aromatic N) is 4. The van der Waals surface area contributed by atoms with E-state index in [9.17, 15) is 8.42 Å². The number of H-pyrrole nitrogens is 1. The first-order valence-corrected chi connectivity index (χ1v) is 11.3. The fourth-order valence-electron chi connectivity index (χ4n) is 3.95. The standard InChI is InChI=1S/C20H21N5O3S/c1-13-11-28-9-8-24(13)18-10-17(14-4-3-5-16-15(14)6-7-21-16)23-20-19(18)22-12-25(20)29(2,26)27/h3-7,10,12-13,21H,8-9,11H2,1-2H3/t13-/m1/s1. The molecule has 0 bridgehead atoms. The summed E-state index contributed by atoms with van der Waals surface area (Å²) in [7, 11) is -3.54. The topological polar surface area (TPSA) is 93.1 Å². The van der Waals surface area contributed by atoms with Gasteiger partial charge in [0.05, 0.1) is 30.9 Å². The van der Waals surface area contributed by atoms with E-state index in [0.717, 1.165) is 32.4 Å². The van der Waals surface area contributed by atoms with E-state index in [4.69, 9.17) is 9.72 Å². The monoisotopic (exact) mass is 411 g/mol. The highest BCUT2D eigenvalue weighted by molar-refractivity contribution is 7.89. The predicted octanol–water partition coefficient (Wildman–Crippen LogP) is 2.61. The van der Waals surface area contributed by atoms with Gasteiger partial charge in [0, 0.05) is 35.2 Å². The molecule has 1 aliphatic heterocycles. The Bertz CT molecular complexity index is 1320. The Kier molecular flexibility index (Phi) is 4.11. The second-order valence-electron chi connectivity index (χ2n) is 7.36. The number of rotatable bonds is 3. The van der Waals surface area contributed by atoms with E-state index in [-0.39, 0.29) is 6.04 Å². The molecule has 4 aromatic rings. The molecule has 0 radical (unpaired) electrons. The van der Waals surface area contributed by atoms with E-state index in [1.165, 1.54) is 6.33 Å². The Morgan fingerprint density at radius 3 is 2.93 bits per heavy atom. The molecule has 1 fully saturated rings. The second-order valence-corrected chi connectivity index (χ2v) is 9.22. The number of nitrogens with one attached hydrogen (secondary N) is 1. The third-order valence-electron chi connectivity index (χ3n) is 5.36. The van der Waals surface area contributed by atoms with Crippen molar-refractivity contribution in [2.75, 3.05) is 30.9 Å². The molecule has 0 aliphatic carbocycles. The van der Waals surface area contributed by atoms with Crippen molar-refractivity contribution in [3.05, 3.63) is 42.9 Å². The molecular weight excluding hydrogens is 390 g/mol. The highest BCUT2D eigenvalue weighted by atomic mass is 32.2. The molecule has 8 nitrogen and oxygen atoms in total. The van der Waals surface area contributed by atoms with Crippen LogP contribution >= 0.6 is 0 Å². The molecule has 1 N–H and O–H groups in total. The Hall–Kier alpha value is -2.91. The predicted molar refractivity (Wildman–Crippen MR) is 113 cm³/mol. The fourth-order valence-corrected chi connectivity index (χ4v) is 4.61. The summed E-state index contributed by atoms with van der Waals surface area (Å²) in [5, 5.41) is 1.03. The SMILES string of the molecule is C[C@@H]1COCCN1c1cc(-c2cccc3[nH]ccc23)nc2c1ncn2S(C)(=O)=O. The van der Waals surface area contributed by atoms with Gasteiger partial charge in [-0.25, -0.2) is 22.4 Å². The van der Waals surface area contributed by atoms with Gasteiger partial charge in [-0.2, -0.15) is 0 Å². The fraction of sp³-hybridized carbons (Fsp3) is 0.300. The largest absolute Gasteiger partial charge is 0.377 e. The van der Waals surface area contributed by atoms with Gasteiger partial charge in [0.15, 0.2) is 5.65 Å². The molecule has 150 valence electrons. The van der Waals surface area contributed by atoms with Crippen molar-refractivity contribution in [3.63, 3.8) is 0 Å². The number of anilines is 1. The average Bonchev–Trinajstić information content (AvgIpc) is 3.34. The number of ether oxygens (including phenoxy) is 1. The molecule has 0 spiro atoms. The van der Waals surface area contributed by atoms with Crippen molar-refractivity contribution in [1.82, 2.24) is 18.9 Å². The molecule has 3 aromatic heterocycles. The van der Waals surface area contributed by atoms with Crippen LogP contribution < -0.4 is 4.90 Å². The van der Waals surface area contributed by atoms with Gasteiger partial charge in [0.1, 0.15) is 11.8 Å². The van der Waals surface area contributed by atoms with E-state index in [2.05, 4.69) is 21.8 Å². The van der Waals surface area contributed by atoms with Crippen LogP contribution in [0, 0.1) is 0 Å². The quantitative estimate of drug-likeness (QED) is 0.557. The van der Waals surface area contributed by atoms with Crippen LogP contribution in [-0.2, 0) is 14.8 Å². The number of benzene rings is 1. The summed E-state index contributed by atoms with van der Waals surface area (Å²) in [5.41, 5.74) is 4.44. The van der Waals surface area contributed by atoms with E-state index in [0.29, 0.717) is 36.6 Å². The van der Waals surface area contributed by atoms with Gasteiger partial charge in [-0.3, -0.25) is 0 Å². The number of hydrogen-bond donors (Lipinski definition) is 1. The zero-order chi connectivity index (χ0) is 20.2. The van der Waals surface area contributed by atoms with Crippen molar-refractivity contribution < 1.29 is 13.2 Å². The first-order valence-electron chi connectivity index (χ1n) is 9.43. The van der Waals surface area contributed by atoms with Gasteiger partial charge in [0.25, 0.3) is 0 Å². The summed E-state index contributed by atoms with van der Waals surface area (Å²) in [5.74, 6) is 0.